The molecule has 0 fully saturated rings. The number of aliphatic hydroxyl groups is 1. The molecule has 2 rings (SSSR count). The van der Waals surface area contributed by atoms with Gasteiger partial charge in [-0.3, -0.25) is 0 Å². The Morgan fingerprint density at radius 2 is 1.94 bits per heavy atom. The van der Waals surface area contributed by atoms with Gasteiger partial charge in [0.05, 0.1) is 12.3 Å². The van der Waals surface area contributed by atoms with Crippen molar-refractivity contribution in [1.82, 2.24) is 4.98 Å². The third kappa shape index (κ3) is 3.10. The second-order valence-corrected chi connectivity index (χ2v) is 6.17. The van der Waals surface area contributed by atoms with E-state index >= 15 is 0 Å². The van der Waals surface area contributed by atoms with E-state index in [0.29, 0.717) is 5.92 Å². The van der Waals surface area contributed by atoms with E-state index in [2.05, 4.69) is 18.8 Å². The van der Waals surface area contributed by atoms with Gasteiger partial charge < -0.3 is 5.11 Å². The Labute approximate surface area is 116 Å². The van der Waals surface area contributed by atoms with Crippen LogP contribution < -0.4 is 0 Å². The third-order valence-corrected chi connectivity index (χ3v) is 4.03. The van der Waals surface area contributed by atoms with Gasteiger partial charge in [0.15, 0.2) is 0 Å². The number of benzene rings is 1. The van der Waals surface area contributed by atoms with Gasteiger partial charge >= 0.3 is 0 Å². The average molecular weight is 282 g/mol. The maximum atomic E-state index is 9.36. The van der Waals surface area contributed by atoms with Gasteiger partial charge in [0, 0.05) is 15.5 Å². The quantitative estimate of drug-likeness (QED) is 0.913. The minimum atomic E-state index is 0.00609. The highest BCUT2D eigenvalue weighted by Crippen LogP contribution is 2.30. The van der Waals surface area contributed by atoms with Crippen LogP contribution in [0.3, 0.4) is 0 Å². The van der Waals surface area contributed by atoms with Crippen LogP contribution in [0, 0.1) is 5.92 Å². The van der Waals surface area contributed by atoms with Gasteiger partial charge in [-0.15, -0.1) is 11.3 Å². The summed E-state index contributed by atoms with van der Waals surface area (Å²) in [6.45, 7) is 4.35. The molecule has 0 saturated carbocycles. The zero-order valence-electron chi connectivity index (χ0n) is 10.5. The van der Waals surface area contributed by atoms with Crippen molar-refractivity contribution in [3.05, 3.63) is 39.9 Å². The Hall–Kier alpha value is -0.900. The number of hydrogen-bond donors (Lipinski definition) is 1. The van der Waals surface area contributed by atoms with E-state index in [1.807, 2.05) is 24.3 Å². The number of aromatic nitrogens is 1. The molecule has 1 aromatic heterocycles. The molecule has 0 saturated heterocycles. The van der Waals surface area contributed by atoms with Crippen molar-refractivity contribution >= 4 is 22.9 Å². The van der Waals surface area contributed by atoms with Crippen molar-refractivity contribution in [2.75, 3.05) is 0 Å². The van der Waals surface area contributed by atoms with Crippen molar-refractivity contribution in [3.63, 3.8) is 0 Å². The summed E-state index contributed by atoms with van der Waals surface area (Å²) in [4.78, 5) is 5.69. The van der Waals surface area contributed by atoms with E-state index in [1.54, 1.807) is 11.3 Å². The number of nitrogens with zero attached hydrogens (tertiary/aromatic N) is 1. The average Bonchev–Trinajstić information content (AvgIpc) is 2.72. The highest BCUT2D eigenvalue weighted by Gasteiger charge is 2.12. The van der Waals surface area contributed by atoms with Crippen LogP contribution in [0.4, 0.5) is 0 Å². The zero-order valence-corrected chi connectivity index (χ0v) is 12.1. The monoisotopic (exact) mass is 281 g/mol. The molecular formula is C14H16ClNOS. The highest BCUT2D eigenvalue weighted by atomic mass is 35.5. The Morgan fingerprint density at radius 1 is 1.28 bits per heavy atom. The molecule has 96 valence electrons. The van der Waals surface area contributed by atoms with E-state index in [9.17, 15) is 5.11 Å². The Balaban J connectivity index is 2.34. The molecule has 0 amide bonds. The normalized spacial score (nSPS) is 11.2. The molecule has 0 atom stereocenters. The Morgan fingerprint density at radius 3 is 2.50 bits per heavy atom. The zero-order chi connectivity index (χ0) is 13.1. The van der Waals surface area contributed by atoms with E-state index in [-0.39, 0.29) is 6.61 Å². The first-order chi connectivity index (χ1) is 8.60. The predicted octanol–water partition coefficient (Wildman–Crippen LogP) is 4.15. The summed E-state index contributed by atoms with van der Waals surface area (Å²) < 4.78 is 0. The van der Waals surface area contributed by atoms with E-state index in [1.165, 1.54) is 4.88 Å². The molecule has 0 bridgehead atoms. The fourth-order valence-corrected chi connectivity index (χ4v) is 3.17. The molecule has 0 aliphatic heterocycles. The van der Waals surface area contributed by atoms with Crippen LogP contribution in [0.2, 0.25) is 5.02 Å². The van der Waals surface area contributed by atoms with Gasteiger partial charge in [-0.2, -0.15) is 0 Å². The molecule has 1 N–H and O–H groups in total. The van der Waals surface area contributed by atoms with E-state index < -0.39 is 0 Å². The molecule has 4 heteroatoms. The largest absolute Gasteiger partial charge is 0.390 e. The molecule has 0 spiro atoms. The van der Waals surface area contributed by atoms with Crippen molar-refractivity contribution in [2.45, 2.75) is 26.9 Å². The minimum absolute atomic E-state index is 0.00609. The smallest absolute Gasteiger partial charge is 0.123 e. The maximum Gasteiger partial charge on any atom is 0.123 e. The lowest BCUT2D eigenvalue weighted by Gasteiger charge is -2.02. The molecule has 1 aromatic carbocycles. The Kier molecular flexibility index (Phi) is 4.38. The fourth-order valence-electron chi connectivity index (χ4n) is 1.75. The summed E-state index contributed by atoms with van der Waals surface area (Å²) >= 11 is 7.53. The Bertz CT molecular complexity index is 519. The summed E-state index contributed by atoms with van der Waals surface area (Å²) in [5.74, 6) is 0.564. The molecule has 2 nitrogen and oxygen atoms in total. The third-order valence-electron chi connectivity index (χ3n) is 2.61. The molecule has 0 unspecified atom stereocenters. The molecular weight excluding hydrogens is 266 g/mol. The number of halogens is 1. The van der Waals surface area contributed by atoms with Gasteiger partial charge in [0.1, 0.15) is 5.01 Å². The second kappa shape index (κ2) is 5.83. The van der Waals surface area contributed by atoms with Crippen molar-refractivity contribution < 1.29 is 5.11 Å². The lowest BCUT2D eigenvalue weighted by molar-refractivity contribution is 0.276. The molecule has 0 radical (unpaired) electrons. The first-order valence-electron chi connectivity index (χ1n) is 5.95. The maximum absolute atomic E-state index is 9.36. The predicted molar refractivity (Wildman–Crippen MR) is 77.0 cm³/mol. The van der Waals surface area contributed by atoms with Crippen LogP contribution in [0.1, 0.15) is 24.4 Å². The first-order valence-corrected chi connectivity index (χ1v) is 7.15. The summed E-state index contributed by atoms with van der Waals surface area (Å²) in [5.41, 5.74) is 1.85. The van der Waals surface area contributed by atoms with Crippen LogP contribution >= 0.6 is 22.9 Å². The topological polar surface area (TPSA) is 33.1 Å². The van der Waals surface area contributed by atoms with Gasteiger partial charge in [0.25, 0.3) is 0 Å². The minimum Gasteiger partial charge on any atom is -0.390 e. The van der Waals surface area contributed by atoms with Gasteiger partial charge in [-0.1, -0.05) is 37.6 Å². The summed E-state index contributed by atoms with van der Waals surface area (Å²) in [7, 11) is 0. The second-order valence-electron chi connectivity index (χ2n) is 4.65. The fraction of sp³-hybridized carbons (Fsp3) is 0.357. The summed E-state index contributed by atoms with van der Waals surface area (Å²) in [5, 5.41) is 11.0. The SMILES string of the molecule is CC(C)Cc1sc(-c2ccc(Cl)cc2)nc1CO. The van der Waals surface area contributed by atoms with Crippen molar-refractivity contribution in [1.29, 1.82) is 0 Å². The van der Waals surface area contributed by atoms with Gasteiger partial charge in [-0.05, 0) is 24.5 Å². The van der Waals surface area contributed by atoms with Gasteiger partial charge in [0.2, 0.25) is 0 Å². The standard InChI is InChI=1S/C14H16ClNOS/c1-9(2)7-13-12(8-17)16-14(18-13)10-3-5-11(15)6-4-10/h3-6,9,17H,7-8H2,1-2H3. The molecule has 18 heavy (non-hydrogen) atoms. The summed E-state index contributed by atoms with van der Waals surface area (Å²) in [6.07, 6.45) is 0.959. The molecule has 2 aromatic rings. The highest BCUT2D eigenvalue weighted by molar-refractivity contribution is 7.15. The summed E-state index contributed by atoms with van der Waals surface area (Å²) in [6, 6.07) is 7.64. The molecule has 1 heterocycles. The van der Waals surface area contributed by atoms with Crippen molar-refractivity contribution in [2.24, 2.45) is 5.92 Å². The number of rotatable bonds is 4. The lowest BCUT2D eigenvalue weighted by Crippen LogP contribution is -1.96. The first kappa shape index (κ1) is 13.5. The molecule has 0 aliphatic rings. The van der Waals surface area contributed by atoms with Crippen LogP contribution in [-0.4, -0.2) is 10.1 Å². The van der Waals surface area contributed by atoms with E-state index in [0.717, 1.165) is 27.7 Å². The van der Waals surface area contributed by atoms with Gasteiger partial charge in [-0.25, -0.2) is 4.98 Å². The lowest BCUT2D eigenvalue weighted by atomic mass is 10.1. The molecule has 0 aliphatic carbocycles. The van der Waals surface area contributed by atoms with Crippen molar-refractivity contribution in [3.8, 4) is 10.6 Å². The number of thiazole rings is 1. The van der Waals surface area contributed by atoms with Crippen LogP contribution in [0.5, 0.6) is 0 Å². The number of aliphatic hydroxyl groups excluding tert-OH is 1. The number of hydrogen-bond acceptors (Lipinski definition) is 3. The van der Waals surface area contributed by atoms with E-state index in [4.69, 9.17) is 11.6 Å². The van der Waals surface area contributed by atoms with Crippen LogP contribution in [0.15, 0.2) is 24.3 Å². The van der Waals surface area contributed by atoms with Crippen LogP contribution in [0.25, 0.3) is 10.6 Å². The van der Waals surface area contributed by atoms with Crippen LogP contribution in [-0.2, 0) is 13.0 Å².